The zero-order valence-corrected chi connectivity index (χ0v) is 22.8. The number of nitrogens with one attached hydrogen (secondary N) is 2. The first kappa shape index (κ1) is 28.5. The van der Waals surface area contributed by atoms with Gasteiger partial charge in [0.1, 0.15) is 17.5 Å². The topological polar surface area (TPSA) is 114 Å². The molecule has 4 aromatic rings. The first-order valence-corrected chi connectivity index (χ1v) is 13.2. The van der Waals surface area contributed by atoms with E-state index in [1.54, 1.807) is 12.1 Å². The summed E-state index contributed by atoms with van der Waals surface area (Å²) in [6.45, 7) is 3.83. The molecule has 1 aromatic heterocycles. The number of anilines is 1. The van der Waals surface area contributed by atoms with Crippen molar-refractivity contribution in [1.82, 2.24) is 10.3 Å². The van der Waals surface area contributed by atoms with Crippen molar-refractivity contribution < 1.29 is 27.6 Å². The van der Waals surface area contributed by atoms with Gasteiger partial charge in [0.15, 0.2) is 0 Å². The Morgan fingerprint density at radius 2 is 1.76 bits per heavy atom. The van der Waals surface area contributed by atoms with Gasteiger partial charge in [0.2, 0.25) is 11.8 Å². The van der Waals surface area contributed by atoms with E-state index in [2.05, 4.69) is 15.6 Å². The molecule has 0 fully saturated rings. The number of nitrogens with zero attached hydrogens (tertiary/aromatic N) is 1. The van der Waals surface area contributed by atoms with Crippen molar-refractivity contribution >= 4 is 23.4 Å². The quantitative estimate of drug-likeness (QED) is 0.262. The number of hydrogen-bond donors (Lipinski definition) is 3. The van der Waals surface area contributed by atoms with Gasteiger partial charge >= 0.3 is 0 Å². The average Bonchev–Trinajstić information content (AvgIpc) is 3.25. The predicted molar refractivity (Wildman–Crippen MR) is 151 cm³/mol. The van der Waals surface area contributed by atoms with Gasteiger partial charge in [-0.25, -0.2) is 13.2 Å². The number of benzene rings is 3. The fraction of sp³-hybridized carbons (Fsp3) is 0.188. The molecule has 5 rings (SSSR count). The molecule has 7 nitrogen and oxygen atoms in total. The average molecular weight is 573 g/mol. The number of aryl methyl sites for hydroxylation is 1. The number of pyridine rings is 1. The summed E-state index contributed by atoms with van der Waals surface area (Å²) in [4.78, 5) is 42.6. The molecule has 1 aliphatic rings. The van der Waals surface area contributed by atoms with E-state index in [4.69, 9.17) is 5.73 Å². The lowest BCUT2D eigenvalue weighted by Crippen LogP contribution is -2.33. The first-order valence-electron chi connectivity index (χ1n) is 13.2. The number of rotatable bonds is 8. The van der Waals surface area contributed by atoms with Crippen LogP contribution < -0.4 is 16.4 Å². The number of amides is 3. The zero-order valence-electron chi connectivity index (χ0n) is 22.8. The Balaban J connectivity index is 1.51. The van der Waals surface area contributed by atoms with Gasteiger partial charge in [-0.2, -0.15) is 0 Å². The van der Waals surface area contributed by atoms with Gasteiger partial charge in [0.25, 0.3) is 5.91 Å². The van der Waals surface area contributed by atoms with E-state index < -0.39 is 41.2 Å². The molecule has 3 aromatic carbocycles. The molecule has 42 heavy (non-hydrogen) atoms. The largest absolute Gasteiger partial charge is 0.366 e. The molecular weight excluding hydrogens is 545 g/mol. The molecule has 1 unspecified atom stereocenters. The Kier molecular flexibility index (Phi) is 7.80. The summed E-state index contributed by atoms with van der Waals surface area (Å²) in [6.07, 6.45) is 1.24. The van der Waals surface area contributed by atoms with Gasteiger partial charge in [-0.15, -0.1) is 0 Å². The molecule has 0 radical (unpaired) electrons. The molecule has 3 amide bonds. The lowest BCUT2D eigenvalue weighted by atomic mass is 9.92. The Hall–Kier alpha value is -4.99. The maximum atomic E-state index is 14.2. The molecule has 0 bridgehead atoms. The smallest absolute Gasteiger partial charge is 0.251 e. The Labute approximate surface area is 240 Å². The Bertz CT molecular complexity index is 1720. The maximum Gasteiger partial charge on any atom is 0.251 e. The van der Waals surface area contributed by atoms with Crippen LogP contribution in [-0.4, -0.2) is 22.7 Å². The molecular formula is C32H27F3N4O3. The van der Waals surface area contributed by atoms with E-state index in [1.165, 1.54) is 18.3 Å². The monoisotopic (exact) mass is 572 g/mol. The molecule has 0 aliphatic carbocycles. The second-order valence-corrected chi connectivity index (χ2v) is 10.3. The number of fused-ring (bicyclic) bond motifs is 1. The minimum Gasteiger partial charge on any atom is -0.366 e. The minimum atomic E-state index is -0.958. The summed E-state index contributed by atoms with van der Waals surface area (Å²) in [7, 11) is 0. The number of nitrogens with two attached hydrogens (primary N) is 1. The molecule has 2 atom stereocenters. The fourth-order valence-electron chi connectivity index (χ4n) is 5.29. The number of hydrogen-bond acceptors (Lipinski definition) is 4. The number of halogens is 3. The van der Waals surface area contributed by atoms with Crippen LogP contribution in [0.1, 0.15) is 56.7 Å². The van der Waals surface area contributed by atoms with Crippen LogP contribution in [0, 0.1) is 31.3 Å². The molecule has 0 spiro atoms. The second-order valence-electron chi connectivity index (χ2n) is 10.3. The van der Waals surface area contributed by atoms with Gasteiger partial charge in [-0.05, 0) is 78.4 Å². The van der Waals surface area contributed by atoms with Crippen molar-refractivity contribution in [3.63, 3.8) is 0 Å². The summed E-state index contributed by atoms with van der Waals surface area (Å²) in [5, 5.41) is 5.76. The van der Waals surface area contributed by atoms with Gasteiger partial charge in [0.05, 0.1) is 23.2 Å². The highest BCUT2D eigenvalue weighted by atomic mass is 19.1. The van der Waals surface area contributed by atoms with E-state index in [9.17, 15) is 27.6 Å². The van der Waals surface area contributed by atoms with Gasteiger partial charge in [-0.3, -0.25) is 19.4 Å². The SMILES string of the molecule is Cc1ccc2c(c1C)NC(=O)C2CC(=O)N[C@@H](Cc1cc(F)cc(F)c1)c1ncccc1-c1ccc(F)c(C(N)=O)c1. The molecule has 1 aliphatic heterocycles. The van der Waals surface area contributed by atoms with Crippen LogP contribution in [0.15, 0.2) is 66.9 Å². The van der Waals surface area contributed by atoms with Gasteiger partial charge in [-0.1, -0.05) is 24.3 Å². The van der Waals surface area contributed by atoms with Crippen LogP contribution in [0.3, 0.4) is 0 Å². The third kappa shape index (κ3) is 5.74. The van der Waals surface area contributed by atoms with Gasteiger partial charge in [0, 0.05) is 29.9 Å². The van der Waals surface area contributed by atoms with Gasteiger partial charge < -0.3 is 16.4 Å². The normalized spacial score (nSPS) is 14.7. The van der Waals surface area contributed by atoms with Crippen LogP contribution in [0.25, 0.3) is 11.1 Å². The zero-order chi connectivity index (χ0) is 30.1. The van der Waals surface area contributed by atoms with E-state index in [0.717, 1.165) is 35.4 Å². The molecule has 2 heterocycles. The molecule has 0 saturated carbocycles. The first-order chi connectivity index (χ1) is 20.0. The van der Waals surface area contributed by atoms with E-state index in [1.807, 2.05) is 26.0 Å². The van der Waals surface area contributed by atoms with E-state index >= 15 is 0 Å². The lowest BCUT2D eigenvalue weighted by Gasteiger charge is -2.22. The second kappa shape index (κ2) is 11.5. The Morgan fingerprint density at radius 3 is 2.48 bits per heavy atom. The van der Waals surface area contributed by atoms with Crippen LogP contribution in [0.4, 0.5) is 18.9 Å². The van der Waals surface area contributed by atoms with E-state index in [-0.39, 0.29) is 29.9 Å². The summed E-state index contributed by atoms with van der Waals surface area (Å²) in [5.74, 6) is -4.85. The predicted octanol–water partition coefficient (Wildman–Crippen LogP) is 5.41. The molecule has 0 saturated heterocycles. The number of carbonyl (C=O) groups excluding carboxylic acids is 3. The highest BCUT2D eigenvalue weighted by molar-refractivity contribution is 6.05. The van der Waals surface area contributed by atoms with Crippen molar-refractivity contribution in [3.05, 3.63) is 118 Å². The van der Waals surface area contributed by atoms with Crippen LogP contribution in [-0.2, 0) is 16.0 Å². The van der Waals surface area contributed by atoms with Crippen molar-refractivity contribution in [2.24, 2.45) is 5.73 Å². The molecule has 214 valence electrons. The summed E-state index contributed by atoms with van der Waals surface area (Å²) >= 11 is 0. The highest BCUT2D eigenvalue weighted by Gasteiger charge is 2.34. The van der Waals surface area contributed by atoms with Crippen molar-refractivity contribution in [3.8, 4) is 11.1 Å². The van der Waals surface area contributed by atoms with Crippen LogP contribution in [0.2, 0.25) is 0 Å². The summed E-state index contributed by atoms with van der Waals surface area (Å²) in [5.41, 5.74) is 9.74. The fourth-order valence-corrected chi connectivity index (χ4v) is 5.29. The Morgan fingerprint density at radius 1 is 1.02 bits per heavy atom. The van der Waals surface area contributed by atoms with Crippen molar-refractivity contribution in [1.29, 1.82) is 0 Å². The van der Waals surface area contributed by atoms with E-state index in [0.29, 0.717) is 28.1 Å². The third-order valence-corrected chi connectivity index (χ3v) is 7.51. The third-order valence-electron chi connectivity index (χ3n) is 7.51. The summed E-state index contributed by atoms with van der Waals surface area (Å²) in [6, 6.07) is 12.9. The van der Waals surface area contributed by atoms with Crippen molar-refractivity contribution in [2.75, 3.05) is 5.32 Å². The summed E-state index contributed by atoms with van der Waals surface area (Å²) < 4.78 is 42.4. The number of primary amides is 1. The van der Waals surface area contributed by atoms with Crippen LogP contribution in [0.5, 0.6) is 0 Å². The number of aromatic nitrogens is 1. The molecule has 10 heteroatoms. The molecule has 4 N–H and O–H groups in total. The minimum absolute atomic E-state index is 0.0555. The van der Waals surface area contributed by atoms with Crippen molar-refractivity contribution in [2.45, 2.75) is 38.6 Å². The number of carbonyl (C=O) groups is 3. The van der Waals surface area contributed by atoms with Crippen LogP contribution >= 0.6 is 0 Å². The lowest BCUT2D eigenvalue weighted by molar-refractivity contribution is -0.125. The highest BCUT2D eigenvalue weighted by Crippen LogP contribution is 2.38. The standard InChI is InChI=1S/C32H27F3N4O3/c1-16-5-7-23-24(32(42)39-29(23)17(16)2)15-28(40)38-27(12-18-10-20(33)14-21(34)11-18)30-22(4-3-9-37-30)19-6-8-26(35)25(13-19)31(36)41/h3-11,13-14,24,27H,12,15H2,1-2H3,(H2,36,41)(H,38,40)(H,39,42)/t24?,27-/m0/s1. The maximum absolute atomic E-state index is 14.2.